The molecule has 1 N–H and O–H groups in total. The summed E-state index contributed by atoms with van der Waals surface area (Å²) in [6, 6.07) is 3.58. The maximum absolute atomic E-state index is 13.2. The summed E-state index contributed by atoms with van der Waals surface area (Å²) in [5.41, 5.74) is 1.76. The van der Waals surface area contributed by atoms with Gasteiger partial charge in [0, 0.05) is 29.4 Å². The molecule has 0 aromatic carbocycles. The van der Waals surface area contributed by atoms with Gasteiger partial charge in [-0.15, -0.1) is 11.3 Å². The number of aliphatic carboxylic acids is 1. The smallest absolute Gasteiger partial charge is 0.305 e. The molecule has 3 aromatic heterocycles. The highest BCUT2D eigenvalue weighted by atomic mass is 32.1. The van der Waals surface area contributed by atoms with Crippen LogP contribution in [0.15, 0.2) is 29.3 Å². The SMILES string of the molecule is O=C(O)CCn1c(-c2ccncc2)nc2sc3c(c2c1=O)CCCC3. The van der Waals surface area contributed by atoms with Crippen molar-refractivity contribution in [3.8, 4) is 11.4 Å². The van der Waals surface area contributed by atoms with E-state index in [1.165, 1.54) is 9.44 Å². The first-order chi connectivity index (χ1) is 12.1. The second kappa shape index (κ2) is 6.40. The van der Waals surface area contributed by atoms with Gasteiger partial charge in [-0.3, -0.25) is 19.1 Å². The molecule has 0 amide bonds. The molecule has 0 radical (unpaired) electrons. The van der Waals surface area contributed by atoms with Crippen molar-refractivity contribution in [1.29, 1.82) is 0 Å². The Morgan fingerprint density at radius 3 is 2.76 bits per heavy atom. The zero-order valence-corrected chi connectivity index (χ0v) is 14.4. The number of carboxylic acid groups (broad SMARTS) is 1. The number of nitrogens with zero attached hydrogens (tertiary/aromatic N) is 3. The number of thiophene rings is 1. The van der Waals surface area contributed by atoms with E-state index in [4.69, 9.17) is 10.1 Å². The van der Waals surface area contributed by atoms with Crippen LogP contribution in [0.1, 0.15) is 29.7 Å². The minimum Gasteiger partial charge on any atom is -0.481 e. The van der Waals surface area contributed by atoms with Crippen LogP contribution in [-0.4, -0.2) is 25.6 Å². The average molecular weight is 355 g/mol. The number of carbonyl (C=O) groups is 1. The van der Waals surface area contributed by atoms with Gasteiger partial charge in [-0.2, -0.15) is 0 Å². The molecule has 0 spiro atoms. The number of hydrogen-bond donors (Lipinski definition) is 1. The van der Waals surface area contributed by atoms with E-state index in [1.54, 1.807) is 35.9 Å². The van der Waals surface area contributed by atoms with Crippen LogP contribution >= 0.6 is 11.3 Å². The quantitative estimate of drug-likeness (QED) is 0.778. The standard InChI is InChI=1S/C18H17N3O3S/c22-14(23)7-10-21-16(11-5-8-19-9-6-11)20-17-15(18(21)24)12-3-1-2-4-13(12)25-17/h5-6,8-9H,1-4,7,10H2,(H,22,23). The molecule has 0 atom stereocenters. The third-order valence-electron chi connectivity index (χ3n) is 4.56. The number of carboxylic acids is 1. The van der Waals surface area contributed by atoms with E-state index in [0.717, 1.165) is 41.6 Å². The highest BCUT2D eigenvalue weighted by molar-refractivity contribution is 7.18. The molecule has 25 heavy (non-hydrogen) atoms. The summed E-state index contributed by atoms with van der Waals surface area (Å²) in [7, 11) is 0. The van der Waals surface area contributed by atoms with Crippen LogP contribution < -0.4 is 5.56 Å². The van der Waals surface area contributed by atoms with Gasteiger partial charge in [0.1, 0.15) is 10.7 Å². The molecule has 128 valence electrons. The third kappa shape index (κ3) is 2.84. The minimum absolute atomic E-state index is 0.110. The second-order valence-electron chi connectivity index (χ2n) is 6.16. The molecule has 0 unspecified atom stereocenters. The van der Waals surface area contributed by atoms with Crippen molar-refractivity contribution in [3.63, 3.8) is 0 Å². The Morgan fingerprint density at radius 1 is 1.24 bits per heavy atom. The van der Waals surface area contributed by atoms with Crippen LogP contribution in [0.5, 0.6) is 0 Å². The van der Waals surface area contributed by atoms with E-state index in [9.17, 15) is 9.59 Å². The molecule has 0 bridgehead atoms. The van der Waals surface area contributed by atoms with Crippen molar-refractivity contribution in [2.24, 2.45) is 0 Å². The largest absolute Gasteiger partial charge is 0.481 e. The van der Waals surface area contributed by atoms with Crippen LogP contribution in [0.4, 0.5) is 0 Å². The predicted octanol–water partition coefficient (Wildman–Crippen LogP) is 2.87. The lowest BCUT2D eigenvalue weighted by Gasteiger charge is -2.13. The van der Waals surface area contributed by atoms with Crippen molar-refractivity contribution in [1.82, 2.24) is 14.5 Å². The zero-order chi connectivity index (χ0) is 17.4. The number of rotatable bonds is 4. The highest BCUT2D eigenvalue weighted by Crippen LogP contribution is 2.34. The van der Waals surface area contributed by atoms with Gasteiger partial charge in [0.15, 0.2) is 0 Å². The Bertz CT molecular complexity index is 1010. The fraction of sp³-hybridized carbons (Fsp3) is 0.333. The Morgan fingerprint density at radius 2 is 2.00 bits per heavy atom. The van der Waals surface area contributed by atoms with E-state index < -0.39 is 5.97 Å². The van der Waals surface area contributed by atoms with Gasteiger partial charge >= 0.3 is 5.97 Å². The number of fused-ring (bicyclic) bond motifs is 3. The molecule has 7 heteroatoms. The molecule has 6 nitrogen and oxygen atoms in total. The van der Waals surface area contributed by atoms with Gasteiger partial charge in [-0.25, -0.2) is 4.98 Å². The Balaban J connectivity index is 1.97. The summed E-state index contributed by atoms with van der Waals surface area (Å²) in [6.07, 6.45) is 7.30. The van der Waals surface area contributed by atoms with Crippen molar-refractivity contribution in [3.05, 3.63) is 45.3 Å². The first kappa shape index (κ1) is 16.0. The minimum atomic E-state index is -0.931. The fourth-order valence-electron chi connectivity index (χ4n) is 3.37. The summed E-state index contributed by atoms with van der Waals surface area (Å²) in [5, 5.41) is 9.73. The lowest BCUT2D eigenvalue weighted by atomic mass is 9.97. The Hall–Kier alpha value is -2.54. The Labute approximate surface area is 147 Å². The topological polar surface area (TPSA) is 85.1 Å². The monoisotopic (exact) mass is 355 g/mol. The van der Waals surface area contributed by atoms with Crippen molar-refractivity contribution in [2.45, 2.75) is 38.6 Å². The van der Waals surface area contributed by atoms with Gasteiger partial charge in [-0.1, -0.05) is 0 Å². The molecule has 4 rings (SSSR count). The van der Waals surface area contributed by atoms with Crippen molar-refractivity contribution >= 4 is 27.5 Å². The summed E-state index contributed by atoms with van der Waals surface area (Å²) >= 11 is 1.60. The molecule has 0 aliphatic heterocycles. The van der Waals surface area contributed by atoms with Crippen LogP contribution in [0.3, 0.4) is 0 Å². The first-order valence-electron chi connectivity index (χ1n) is 8.32. The van der Waals surface area contributed by atoms with Crippen LogP contribution in [0.2, 0.25) is 0 Å². The average Bonchev–Trinajstić information content (AvgIpc) is 3.00. The molecule has 0 fully saturated rings. The van der Waals surface area contributed by atoms with Crippen molar-refractivity contribution < 1.29 is 9.90 Å². The Kier molecular flexibility index (Phi) is 4.09. The van der Waals surface area contributed by atoms with E-state index in [-0.39, 0.29) is 18.5 Å². The van der Waals surface area contributed by atoms with Gasteiger partial charge in [0.2, 0.25) is 0 Å². The van der Waals surface area contributed by atoms with Crippen LogP contribution in [0.25, 0.3) is 21.6 Å². The highest BCUT2D eigenvalue weighted by Gasteiger charge is 2.22. The van der Waals surface area contributed by atoms with E-state index in [2.05, 4.69) is 4.98 Å². The third-order valence-corrected chi connectivity index (χ3v) is 5.75. The van der Waals surface area contributed by atoms with Crippen molar-refractivity contribution in [2.75, 3.05) is 0 Å². The molecule has 0 saturated heterocycles. The second-order valence-corrected chi connectivity index (χ2v) is 7.25. The van der Waals surface area contributed by atoms with E-state index >= 15 is 0 Å². The van der Waals surface area contributed by atoms with E-state index in [0.29, 0.717) is 11.2 Å². The maximum atomic E-state index is 13.2. The molecular formula is C18H17N3O3S. The van der Waals surface area contributed by atoms with E-state index in [1.807, 2.05) is 0 Å². The van der Waals surface area contributed by atoms with Crippen LogP contribution in [-0.2, 0) is 24.2 Å². The molecule has 1 aliphatic carbocycles. The summed E-state index contributed by atoms with van der Waals surface area (Å²) in [5.74, 6) is -0.417. The summed E-state index contributed by atoms with van der Waals surface area (Å²) < 4.78 is 1.51. The number of aromatic nitrogens is 3. The molecule has 3 aromatic rings. The molecule has 1 aliphatic rings. The summed E-state index contributed by atoms with van der Waals surface area (Å²) in [4.78, 5) is 35.0. The fourth-order valence-corrected chi connectivity index (χ4v) is 4.63. The molecular weight excluding hydrogens is 338 g/mol. The van der Waals surface area contributed by atoms with Gasteiger partial charge in [0.05, 0.1) is 11.8 Å². The lowest BCUT2D eigenvalue weighted by Crippen LogP contribution is -2.25. The summed E-state index contributed by atoms with van der Waals surface area (Å²) in [6.45, 7) is 0.110. The molecule has 0 saturated carbocycles. The maximum Gasteiger partial charge on any atom is 0.305 e. The first-order valence-corrected chi connectivity index (χ1v) is 9.14. The van der Waals surface area contributed by atoms with Gasteiger partial charge in [0.25, 0.3) is 5.56 Å². The molecule has 3 heterocycles. The zero-order valence-electron chi connectivity index (χ0n) is 13.6. The van der Waals surface area contributed by atoms with Crippen LogP contribution in [0, 0.1) is 0 Å². The van der Waals surface area contributed by atoms with Gasteiger partial charge in [-0.05, 0) is 43.4 Å². The number of hydrogen-bond acceptors (Lipinski definition) is 5. The normalized spacial score (nSPS) is 13.8. The predicted molar refractivity (Wildman–Crippen MR) is 96.0 cm³/mol. The lowest BCUT2D eigenvalue weighted by molar-refractivity contribution is -0.137. The number of pyridine rings is 1. The van der Waals surface area contributed by atoms with Gasteiger partial charge < -0.3 is 5.11 Å². The number of aryl methyl sites for hydroxylation is 2.